The van der Waals surface area contributed by atoms with E-state index >= 15 is 4.57 Å². The highest BCUT2D eigenvalue weighted by Crippen LogP contribution is 2.53. The second-order valence-corrected chi connectivity index (χ2v) is 13.2. The quantitative estimate of drug-likeness (QED) is 0.266. The van der Waals surface area contributed by atoms with Gasteiger partial charge in [-0.05, 0) is 85.1 Å². The number of benzene rings is 2. The number of hydrogen-bond acceptors (Lipinski definition) is 4. The molecule has 3 N–H and O–H groups in total. The van der Waals surface area contributed by atoms with Crippen LogP contribution < -0.4 is 16.3 Å². The number of hydrogen-bond donors (Lipinski definition) is 2. The van der Waals surface area contributed by atoms with Crippen molar-refractivity contribution in [3.63, 3.8) is 0 Å². The van der Waals surface area contributed by atoms with E-state index in [0.29, 0.717) is 33.1 Å². The highest BCUT2D eigenvalue weighted by atomic mass is 35.5. The molecular formula is C29H33ClN3O3P. The first-order chi connectivity index (χ1) is 17.5. The van der Waals surface area contributed by atoms with E-state index in [4.69, 9.17) is 27.1 Å². The van der Waals surface area contributed by atoms with E-state index in [9.17, 15) is 4.79 Å². The van der Waals surface area contributed by atoms with Gasteiger partial charge in [0.1, 0.15) is 5.69 Å². The summed E-state index contributed by atoms with van der Waals surface area (Å²) < 4.78 is 22.3. The number of primary amides is 1. The largest absolute Gasteiger partial charge is 0.364 e. The Bertz CT molecular complexity index is 1450. The van der Waals surface area contributed by atoms with Crippen molar-refractivity contribution in [2.24, 2.45) is 23.5 Å². The van der Waals surface area contributed by atoms with Crippen LogP contribution in [0.1, 0.15) is 61.6 Å². The molecule has 3 unspecified atom stereocenters. The number of nitrogens with two attached hydrogens (primary N) is 1. The molecule has 37 heavy (non-hydrogen) atoms. The minimum absolute atomic E-state index is 0.0566. The van der Waals surface area contributed by atoms with E-state index in [-0.39, 0.29) is 23.0 Å². The van der Waals surface area contributed by atoms with Gasteiger partial charge in [-0.25, -0.2) is 0 Å². The van der Waals surface area contributed by atoms with Crippen LogP contribution in [0.15, 0.2) is 42.5 Å². The van der Waals surface area contributed by atoms with Crippen molar-refractivity contribution in [2.75, 3.05) is 0 Å². The van der Waals surface area contributed by atoms with Gasteiger partial charge in [-0.15, -0.1) is 0 Å². The molecule has 2 aromatic carbocycles. The molecule has 1 saturated carbocycles. The molecular weight excluding hydrogens is 505 g/mol. The van der Waals surface area contributed by atoms with Crippen LogP contribution in [0.4, 0.5) is 0 Å². The Morgan fingerprint density at radius 2 is 2.03 bits per heavy atom. The molecule has 1 amide bonds. The molecule has 6 nitrogen and oxygen atoms in total. The van der Waals surface area contributed by atoms with Crippen LogP contribution >= 0.6 is 19.0 Å². The van der Waals surface area contributed by atoms with Gasteiger partial charge in [0.05, 0.1) is 17.5 Å². The molecule has 194 valence electrons. The van der Waals surface area contributed by atoms with E-state index in [1.807, 2.05) is 25.1 Å². The molecule has 0 bridgehead atoms. The monoisotopic (exact) mass is 537 g/mol. The first-order valence-electron chi connectivity index (χ1n) is 12.6. The van der Waals surface area contributed by atoms with E-state index < -0.39 is 13.3 Å². The molecule has 1 aliphatic rings. The summed E-state index contributed by atoms with van der Waals surface area (Å²) in [5, 5.41) is 10.8. The topological polar surface area (TPSA) is 109 Å². The Kier molecular flexibility index (Phi) is 7.99. The minimum Gasteiger partial charge on any atom is -0.364 e. The smallest absolute Gasteiger partial charge is 0.266 e. The van der Waals surface area contributed by atoms with Gasteiger partial charge in [0.2, 0.25) is 0 Å². The number of aromatic nitrogens is 1. The highest BCUT2D eigenvalue weighted by Gasteiger charge is 2.42. The summed E-state index contributed by atoms with van der Waals surface area (Å²) in [5.74, 6) is 0.262. The standard InChI is InChI=1S/C29H33ClN3O3P/c1-17(2)23-9-7-18(3)14-26(23)36-37(35,22-13-19(4)12-20(15-22)6-5-11-31)28-24-16-21(30)8-10-25(24)33-27(28)29(32)34/h5-6,8,10,12-13,15-18,23,26,33H,7,9,14H2,1-4H3,(H2,32,34)/b6-5+/t18?,23?,26?,37-/m1/s1. The number of nitrogens with zero attached hydrogens (tertiary/aromatic N) is 1. The second-order valence-electron chi connectivity index (χ2n) is 10.5. The van der Waals surface area contributed by atoms with Gasteiger partial charge < -0.3 is 15.2 Å². The highest BCUT2D eigenvalue weighted by molar-refractivity contribution is 7.75. The number of allylic oxidation sites excluding steroid dienone is 1. The lowest BCUT2D eigenvalue weighted by Crippen LogP contribution is -2.37. The van der Waals surface area contributed by atoms with Crippen LogP contribution in [-0.2, 0) is 9.09 Å². The molecule has 3 aromatic rings. The summed E-state index contributed by atoms with van der Waals surface area (Å²) >= 11 is 6.36. The van der Waals surface area contributed by atoms with Crippen molar-refractivity contribution in [3.05, 3.63) is 64.3 Å². The van der Waals surface area contributed by atoms with E-state index in [0.717, 1.165) is 30.4 Å². The molecule has 4 rings (SSSR count). The zero-order chi connectivity index (χ0) is 26.9. The van der Waals surface area contributed by atoms with Gasteiger partial charge in [-0.3, -0.25) is 9.36 Å². The molecule has 0 spiro atoms. The van der Waals surface area contributed by atoms with Gasteiger partial charge >= 0.3 is 0 Å². The van der Waals surface area contributed by atoms with Gasteiger partial charge in [0.25, 0.3) is 13.3 Å². The number of carbonyl (C=O) groups excluding carboxylic acids is 1. The summed E-state index contributed by atoms with van der Waals surface area (Å²) in [7, 11) is -3.90. The third kappa shape index (κ3) is 5.55. The number of rotatable bonds is 7. The Morgan fingerprint density at radius 1 is 1.27 bits per heavy atom. The normalized spacial score (nSPS) is 21.8. The molecule has 1 aromatic heterocycles. The Balaban J connectivity index is 2.02. The fourth-order valence-corrected chi connectivity index (χ4v) is 8.43. The first-order valence-corrected chi connectivity index (χ1v) is 14.6. The Labute approximate surface area is 223 Å². The average Bonchev–Trinajstić information content (AvgIpc) is 3.22. The SMILES string of the molecule is Cc1cc(/C=C/C#N)cc([P@@](=O)(OC2CC(C)CCC2C(C)C)c2c(C(N)=O)[nH]c3ccc(Cl)cc23)c1. The lowest BCUT2D eigenvalue weighted by Gasteiger charge is -2.39. The molecule has 0 saturated heterocycles. The zero-order valence-electron chi connectivity index (χ0n) is 21.6. The van der Waals surface area contributed by atoms with Crippen molar-refractivity contribution in [3.8, 4) is 6.07 Å². The number of aryl methyl sites for hydroxylation is 1. The maximum absolute atomic E-state index is 15.5. The summed E-state index contributed by atoms with van der Waals surface area (Å²) in [6.45, 7) is 8.42. The third-order valence-corrected chi connectivity index (χ3v) is 10.1. The van der Waals surface area contributed by atoms with Crippen LogP contribution in [0.2, 0.25) is 5.02 Å². The first kappa shape index (κ1) is 27.2. The van der Waals surface area contributed by atoms with Gasteiger partial charge in [0.15, 0.2) is 0 Å². The van der Waals surface area contributed by atoms with Crippen LogP contribution in [0, 0.1) is 36.0 Å². The van der Waals surface area contributed by atoms with Crippen LogP contribution in [0.3, 0.4) is 0 Å². The number of nitrogens with one attached hydrogen (secondary N) is 1. The molecule has 4 atom stereocenters. The summed E-state index contributed by atoms with van der Waals surface area (Å²) in [4.78, 5) is 15.7. The number of fused-ring (bicyclic) bond motifs is 1. The maximum atomic E-state index is 15.5. The molecule has 8 heteroatoms. The van der Waals surface area contributed by atoms with Crippen molar-refractivity contribution in [2.45, 2.75) is 53.1 Å². The third-order valence-electron chi connectivity index (χ3n) is 7.29. The predicted octanol–water partition coefficient (Wildman–Crippen LogP) is 6.47. The number of carbonyl (C=O) groups is 1. The molecule has 1 fully saturated rings. The minimum atomic E-state index is -3.90. The van der Waals surface area contributed by atoms with E-state index in [1.54, 1.807) is 30.3 Å². The Hall–Kier alpha value is -2.84. The molecule has 0 radical (unpaired) electrons. The number of H-pyrrole nitrogens is 1. The van der Waals surface area contributed by atoms with Crippen LogP contribution in [0.5, 0.6) is 0 Å². The number of aromatic amines is 1. The van der Waals surface area contributed by atoms with Gasteiger partial charge in [-0.2, -0.15) is 5.26 Å². The average molecular weight is 538 g/mol. The second kappa shape index (κ2) is 10.9. The van der Waals surface area contributed by atoms with Crippen molar-refractivity contribution < 1.29 is 13.9 Å². The Morgan fingerprint density at radius 3 is 2.70 bits per heavy atom. The molecule has 1 heterocycles. The fourth-order valence-electron chi connectivity index (χ4n) is 5.49. The number of amides is 1. The van der Waals surface area contributed by atoms with Crippen LogP contribution in [0.25, 0.3) is 17.0 Å². The lowest BCUT2D eigenvalue weighted by atomic mass is 9.75. The summed E-state index contributed by atoms with van der Waals surface area (Å²) in [6.07, 6.45) is 5.63. The molecule has 0 aliphatic heterocycles. The summed E-state index contributed by atoms with van der Waals surface area (Å²) in [5.41, 5.74) is 8.06. The van der Waals surface area contributed by atoms with Crippen molar-refractivity contribution in [1.29, 1.82) is 5.26 Å². The predicted molar refractivity (Wildman–Crippen MR) is 151 cm³/mol. The fraction of sp³-hybridized carbons (Fsp3) is 0.379. The molecule has 1 aliphatic carbocycles. The lowest BCUT2D eigenvalue weighted by molar-refractivity contribution is 0.0514. The van der Waals surface area contributed by atoms with Crippen LogP contribution in [-0.4, -0.2) is 17.0 Å². The van der Waals surface area contributed by atoms with E-state index in [1.165, 1.54) is 6.08 Å². The van der Waals surface area contributed by atoms with Crippen molar-refractivity contribution >= 4 is 52.5 Å². The number of nitriles is 1. The zero-order valence-corrected chi connectivity index (χ0v) is 23.3. The van der Waals surface area contributed by atoms with E-state index in [2.05, 4.69) is 25.8 Å². The van der Waals surface area contributed by atoms with Gasteiger partial charge in [-0.1, -0.05) is 44.9 Å². The van der Waals surface area contributed by atoms with Crippen molar-refractivity contribution in [1.82, 2.24) is 4.98 Å². The van der Waals surface area contributed by atoms with Gasteiger partial charge in [0, 0.05) is 27.3 Å². The number of halogens is 1. The summed E-state index contributed by atoms with van der Waals surface area (Å²) in [6, 6.07) is 12.7. The maximum Gasteiger partial charge on any atom is 0.266 e.